The Morgan fingerprint density at radius 3 is 2.73 bits per heavy atom. The zero-order valence-electron chi connectivity index (χ0n) is 8.66. The molecule has 1 aliphatic rings. The van der Waals surface area contributed by atoms with Crippen LogP contribution in [-0.2, 0) is 7.05 Å². The van der Waals surface area contributed by atoms with Crippen LogP contribution >= 0.6 is 11.6 Å². The van der Waals surface area contributed by atoms with Gasteiger partial charge in [0.25, 0.3) is 0 Å². The summed E-state index contributed by atoms with van der Waals surface area (Å²) >= 11 is 6.14. The van der Waals surface area contributed by atoms with Crippen LogP contribution in [0.1, 0.15) is 30.3 Å². The Balaban J connectivity index is 2.33. The summed E-state index contributed by atoms with van der Waals surface area (Å²) < 4.78 is 1.74. The van der Waals surface area contributed by atoms with E-state index in [4.69, 9.17) is 11.6 Å². The van der Waals surface area contributed by atoms with Gasteiger partial charge in [0.05, 0.1) is 5.69 Å². The molecule has 0 atom stereocenters. The highest BCUT2D eigenvalue weighted by atomic mass is 35.5. The number of fused-ring (bicyclic) bond motifs is 1. The van der Waals surface area contributed by atoms with Crippen molar-refractivity contribution in [3.63, 3.8) is 0 Å². The molecule has 78 valence electrons. The zero-order chi connectivity index (χ0) is 10.6. The maximum absolute atomic E-state index is 6.14. The van der Waals surface area contributed by atoms with Crippen molar-refractivity contribution in [2.45, 2.75) is 25.7 Å². The van der Waals surface area contributed by atoms with Gasteiger partial charge >= 0.3 is 0 Å². The first-order valence-electron chi connectivity index (χ1n) is 5.03. The molecular weight excluding hydrogens is 212 g/mol. The van der Waals surface area contributed by atoms with Crippen LogP contribution < -0.4 is 0 Å². The van der Waals surface area contributed by atoms with E-state index in [1.807, 2.05) is 14.0 Å². The third kappa shape index (κ3) is 1.32. The maximum Gasteiger partial charge on any atom is 0.158 e. The first kappa shape index (κ1) is 9.09. The van der Waals surface area contributed by atoms with Gasteiger partial charge in [-0.3, -0.25) is 4.68 Å². The third-order valence-corrected chi connectivity index (χ3v) is 3.03. The predicted octanol–water partition coefficient (Wildman–Crippen LogP) is 2.20. The quantitative estimate of drug-likeness (QED) is 0.695. The summed E-state index contributed by atoms with van der Waals surface area (Å²) in [7, 11) is 1.86. The minimum Gasteiger partial charge on any atom is -0.263 e. The van der Waals surface area contributed by atoms with Crippen molar-refractivity contribution in [1.29, 1.82) is 0 Å². The summed E-state index contributed by atoms with van der Waals surface area (Å²) in [5.74, 6) is 1.40. The molecule has 0 N–H and O–H groups in total. The Morgan fingerprint density at radius 2 is 2.07 bits per heavy atom. The van der Waals surface area contributed by atoms with Crippen molar-refractivity contribution in [2.75, 3.05) is 0 Å². The van der Waals surface area contributed by atoms with Crippen LogP contribution in [0.4, 0.5) is 0 Å². The van der Waals surface area contributed by atoms with Crippen LogP contribution in [0.3, 0.4) is 0 Å². The van der Waals surface area contributed by atoms with Gasteiger partial charge in [-0.15, -0.1) is 0 Å². The molecule has 2 aromatic heterocycles. The number of aromatic nitrogens is 4. The monoisotopic (exact) mass is 222 g/mol. The molecule has 2 aromatic rings. The van der Waals surface area contributed by atoms with E-state index in [-0.39, 0.29) is 0 Å². The summed E-state index contributed by atoms with van der Waals surface area (Å²) in [6.07, 6.45) is 2.36. The van der Waals surface area contributed by atoms with Crippen molar-refractivity contribution < 1.29 is 0 Å². The standard InChI is InChI=1S/C10H11ClN4/c1-5-7-8(15(2)14-5)9(11)13-10(12-7)6-3-4-6/h6H,3-4H2,1-2H3. The molecule has 0 aliphatic heterocycles. The van der Waals surface area contributed by atoms with Gasteiger partial charge in [0.2, 0.25) is 0 Å². The first-order chi connectivity index (χ1) is 7.16. The number of aryl methyl sites for hydroxylation is 2. The van der Waals surface area contributed by atoms with Crippen LogP contribution in [-0.4, -0.2) is 19.7 Å². The Bertz CT molecular complexity index is 542. The first-order valence-corrected chi connectivity index (χ1v) is 5.41. The summed E-state index contributed by atoms with van der Waals surface area (Å²) in [6.45, 7) is 1.95. The third-order valence-electron chi connectivity index (χ3n) is 2.77. The van der Waals surface area contributed by atoms with E-state index in [0.717, 1.165) is 22.6 Å². The molecule has 0 aromatic carbocycles. The fourth-order valence-electron chi connectivity index (χ4n) is 1.83. The molecule has 0 unspecified atom stereocenters. The number of halogens is 1. The Kier molecular flexibility index (Phi) is 1.77. The molecule has 2 heterocycles. The Labute approximate surface area is 92.3 Å². The van der Waals surface area contributed by atoms with Crippen molar-refractivity contribution in [3.05, 3.63) is 16.7 Å². The lowest BCUT2D eigenvalue weighted by atomic mass is 10.3. The van der Waals surface area contributed by atoms with Crippen LogP contribution in [0, 0.1) is 6.92 Å². The van der Waals surface area contributed by atoms with Crippen LogP contribution in [0.15, 0.2) is 0 Å². The van der Waals surface area contributed by atoms with E-state index >= 15 is 0 Å². The van der Waals surface area contributed by atoms with Crippen LogP contribution in [0.25, 0.3) is 11.0 Å². The number of nitrogens with zero attached hydrogens (tertiary/aromatic N) is 4. The van der Waals surface area contributed by atoms with Gasteiger partial charge in [-0.1, -0.05) is 11.6 Å². The topological polar surface area (TPSA) is 43.6 Å². The van der Waals surface area contributed by atoms with E-state index in [2.05, 4.69) is 15.1 Å². The number of hydrogen-bond donors (Lipinski definition) is 0. The summed E-state index contributed by atoms with van der Waals surface area (Å²) in [5.41, 5.74) is 2.64. The largest absolute Gasteiger partial charge is 0.263 e. The number of rotatable bonds is 1. The SMILES string of the molecule is Cc1nn(C)c2c(Cl)nc(C3CC3)nc12. The minimum atomic E-state index is 0.519. The van der Waals surface area contributed by atoms with E-state index in [1.54, 1.807) is 4.68 Å². The fourth-order valence-corrected chi connectivity index (χ4v) is 2.13. The van der Waals surface area contributed by atoms with Crippen LogP contribution in [0.5, 0.6) is 0 Å². The highest BCUT2D eigenvalue weighted by Gasteiger charge is 2.28. The zero-order valence-corrected chi connectivity index (χ0v) is 9.41. The van der Waals surface area contributed by atoms with Crippen molar-refractivity contribution in [3.8, 4) is 0 Å². The van der Waals surface area contributed by atoms with E-state index in [0.29, 0.717) is 11.1 Å². The van der Waals surface area contributed by atoms with Gasteiger partial charge in [0.1, 0.15) is 16.9 Å². The average Bonchev–Trinajstić information content (AvgIpc) is 2.95. The normalized spacial score (nSPS) is 16.2. The molecule has 5 heteroatoms. The van der Waals surface area contributed by atoms with Gasteiger partial charge in [-0.25, -0.2) is 9.97 Å². The van der Waals surface area contributed by atoms with Gasteiger partial charge in [0, 0.05) is 13.0 Å². The van der Waals surface area contributed by atoms with Gasteiger partial charge in [0.15, 0.2) is 5.15 Å². The summed E-state index contributed by atoms with van der Waals surface area (Å²) in [4.78, 5) is 8.87. The molecule has 0 spiro atoms. The van der Waals surface area contributed by atoms with E-state index in [9.17, 15) is 0 Å². The molecular formula is C10H11ClN4. The molecule has 0 saturated heterocycles. The van der Waals surface area contributed by atoms with Crippen LogP contribution in [0.2, 0.25) is 5.15 Å². The van der Waals surface area contributed by atoms with Crippen molar-refractivity contribution in [1.82, 2.24) is 19.7 Å². The summed E-state index contributed by atoms with van der Waals surface area (Å²) in [6, 6.07) is 0. The number of hydrogen-bond acceptors (Lipinski definition) is 3. The fraction of sp³-hybridized carbons (Fsp3) is 0.500. The molecule has 15 heavy (non-hydrogen) atoms. The minimum absolute atomic E-state index is 0.519. The lowest BCUT2D eigenvalue weighted by Gasteiger charge is -2.00. The molecule has 3 rings (SSSR count). The van der Waals surface area contributed by atoms with E-state index < -0.39 is 0 Å². The molecule has 1 aliphatic carbocycles. The average molecular weight is 223 g/mol. The summed E-state index contributed by atoms with van der Waals surface area (Å²) in [5, 5.41) is 4.82. The second-order valence-electron chi connectivity index (χ2n) is 4.05. The second kappa shape index (κ2) is 2.92. The molecule has 1 fully saturated rings. The molecule has 0 radical (unpaired) electrons. The highest BCUT2D eigenvalue weighted by molar-refractivity contribution is 6.33. The molecule has 0 amide bonds. The Morgan fingerprint density at radius 1 is 1.33 bits per heavy atom. The lowest BCUT2D eigenvalue weighted by molar-refractivity contribution is 0.781. The van der Waals surface area contributed by atoms with Crippen molar-refractivity contribution in [2.24, 2.45) is 7.05 Å². The lowest BCUT2D eigenvalue weighted by Crippen LogP contribution is -1.96. The maximum atomic E-state index is 6.14. The van der Waals surface area contributed by atoms with Gasteiger partial charge in [-0.05, 0) is 19.8 Å². The highest BCUT2D eigenvalue weighted by Crippen LogP contribution is 2.39. The van der Waals surface area contributed by atoms with Gasteiger partial charge < -0.3 is 0 Å². The molecule has 0 bridgehead atoms. The predicted molar refractivity (Wildman–Crippen MR) is 58.0 cm³/mol. The van der Waals surface area contributed by atoms with Crippen molar-refractivity contribution >= 4 is 22.6 Å². The molecule has 4 nitrogen and oxygen atoms in total. The smallest absolute Gasteiger partial charge is 0.158 e. The van der Waals surface area contributed by atoms with E-state index in [1.165, 1.54) is 12.8 Å². The Hall–Kier alpha value is -1.16. The van der Waals surface area contributed by atoms with Gasteiger partial charge in [-0.2, -0.15) is 5.10 Å². The molecule has 1 saturated carbocycles. The second-order valence-corrected chi connectivity index (χ2v) is 4.41.